The van der Waals surface area contributed by atoms with Crippen molar-refractivity contribution >= 4 is 15.9 Å². The van der Waals surface area contributed by atoms with E-state index in [1.54, 1.807) is 11.0 Å². The molecule has 0 fully saturated rings. The number of methoxy groups -OCH3 is 2. The van der Waals surface area contributed by atoms with Gasteiger partial charge in [-0.2, -0.15) is 0 Å². The fourth-order valence-electron chi connectivity index (χ4n) is 2.60. The highest BCUT2D eigenvalue weighted by atomic mass is 32.2. The van der Waals surface area contributed by atoms with Crippen LogP contribution in [0.25, 0.3) is 0 Å². The summed E-state index contributed by atoms with van der Waals surface area (Å²) < 4.78 is 35.0. The third-order valence-electron chi connectivity index (χ3n) is 3.83. The minimum atomic E-state index is -4.21. The summed E-state index contributed by atoms with van der Waals surface area (Å²) in [6.45, 7) is 8.29. The third-order valence-corrected chi connectivity index (χ3v) is 4.79. The highest BCUT2D eigenvalue weighted by molar-refractivity contribution is 7.89. The summed E-state index contributed by atoms with van der Waals surface area (Å²) in [5.41, 5.74) is 0.599. The van der Waals surface area contributed by atoms with Gasteiger partial charge < -0.3 is 14.4 Å². The summed E-state index contributed by atoms with van der Waals surface area (Å²) in [7, 11) is -1.50. The van der Waals surface area contributed by atoms with Gasteiger partial charge in [0, 0.05) is 13.1 Å². The third kappa shape index (κ3) is 3.81. The van der Waals surface area contributed by atoms with E-state index in [1.165, 1.54) is 14.2 Å². The average molecular weight is 358 g/mol. The number of hydrogen-bond acceptors (Lipinski definition) is 5. The van der Waals surface area contributed by atoms with E-state index in [1.807, 2.05) is 27.7 Å². The van der Waals surface area contributed by atoms with Crippen LogP contribution in [0, 0.1) is 0 Å². The molecular formula is C16H26N2O5S. The topological polar surface area (TPSA) is 98.9 Å². The van der Waals surface area contributed by atoms with Crippen LogP contribution in [0.15, 0.2) is 11.0 Å². The summed E-state index contributed by atoms with van der Waals surface area (Å²) in [4.78, 5) is 14.2. The molecule has 0 saturated heterocycles. The minimum absolute atomic E-state index is 0.0499. The van der Waals surface area contributed by atoms with Crippen LogP contribution in [0.1, 0.15) is 49.5 Å². The lowest BCUT2D eigenvalue weighted by atomic mass is 9.95. The summed E-state index contributed by atoms with van der Waals surface area (Å²) in [5, 5.41) is 5.41. The monoisotopic (exact) mass is 358 g/mol. The van der Waals surface area contributed by atoms with Gasteiger partial charge in [0.15, 0.2) is 11.5 Å². The van der Waals surface area contributed by atoms with Gasteiger partial charge in [0.2, 0.25) is 10.0 Å². The fraction of sp³-hybridized carbons (Fsp3) is 0.562. The van der Waals surface area contributed by atoms with E-state index in [9.17, 15) is 13.2 Å². The van der Waals surface area contributed by atoms with E-state index in [0.29, 0.717) is 18.7 Å². The molecular weight excluding hydrogens is 332 g/mol. The second-order valence-corrected chi connectivity index (χ2v) is 7.08. The fourth-order valence-corrected chi connectivity index (χ4v) is 3.53. The summed E-state index contributed by atoms with van der Waals surface area (Å²) in [6.07, 6.45) is 0. The van der Waals surface area contributed by atoms with Crippen molar-refractivity contribution in [3.05, 3.63) is 17.2 Å². The molecule has 24 heavy (non-hydrogen) atoms. The Morgan fingerprint density at radius 2 is 1.75 bits per heavy atom. The summed E-state index contributed by atoms with van der Waals surface area (Å²) in [6, 6.07) is 1.63. The van der Waals surface area contributed by atoms with E-state index in [0.717, 1.165) is 0 Å². The summed E-state index contributed by atoms with van der Waals surface area (Å²) >= 11 is 0. The molecule has 136 valence electrons. The molecule has 0 unspecified atom stereocenters. The molecule has 8 heteroatoms. The lowest BCUT2D eigenvalue weighted by Crippen LogP contribution is -2.33. The van der Waals surface area contributed by atoms with Crippen molar-refractivity contribution in [3.8, 4) is 11.5 Å². The molecule has 0 spiro atoms. The summed E-state index contributed by atoms with van der Waals surface area (Å²) in [5.74, 6) is -0.338. The lowest BCUT2D eigenvalue weighted by Gasteiger charge is -2.25. The van der Waals surface area contributed by atoms with Crippen molar-refractivity contribution in [2.75, 3.05) is 27.3 Å². The van der Waals surface area contributed by atoms with Crippen LogP contribution in [0.3, 0.4) is 0 Å². The number of ether oxygens (including phenoxy) is 2. The molecule has 7 nitrogen and oxygen atoms in total. The molecule has 0 radical (unpaired) electrons. The van der Waals surface area contributed by atoms with Crippen LogP contribution in [-0.2, 0) is 10.0 Å². The Hall–Kier alpha value is -1.80. The maximum atomic E-state index is 13.0. The van der Waals surface area contributed by atoms with Gasteiger partial charge in [0.1, 0.15) is 4.90 Å². The highest BCUT2D eigenvalue weighted by Gasteiger charge is 2.33. The zero-order valence-corrected chi connectivity index (χ0v) is 15.9. The second-order valence-electron chi connectivity index (χ2n) is 5.58. The molecule has 1 amide bonds. The Morgan fingerprint density at radius 1 is 1.21 bits per heavy atom. The van der Waals surface area contributed by atoms with Crippen LogP contribution < -0.4 is 14.6 Å². The number of nitrogens with zero attached hydrogens (tertiary/aromatic N) is 1. The molecule has 1 aromatic rings. The number of rotatable bonds is 7. The van der Waals surface area contributed by atoms with Gasteiger partial charge in [-0.05, 0) is 31.4 Å². The maximum absolute atomic E-state index is 13.0. The van der Waals surface area contributed by atoms with Crippen molar-refractivity contribution in [2.24, 2.45) is 5.14 Å². The van der Waals surface area contributed by atoms with Crippen LogP contribution in [0.5, 0.6) is 11.5 Å². The number of primary sulfonamides is 1. The number of benzene rings is 1. The largest absolute Gasteiger partial charge is 0.493 e. The van der Waals surface area contributed by atoms with Gasteiger partial charge in [-0.1, -0.05) is 13.8 Å². The van der Waals surface area contributed by atoms with E-state index in [4.69, 9.17) is 14.6 Å². The van der Waals surface area contributed by atoms with Gasteiger partial charge in [0.25, 0.3) is 5.91 Å². The SMILES string of the molecule is CCN(CC)C(=O)c1c(C(C)C)cc(OC)c(OC)c1S(N)(=O)=O. The number of amides is 1. The van der Waals surface area contributed by atoms with Crippen LogP contribution in [0.2, 0.25) is 0 Å². The molecule has 0 aliphatic carbocycles. The molecule has 2 N–H and O–H groups in total. The van der Waals surface area contributed by atoms with Crippen molar-refractivity contribution in [1.82, 2.24) is 4.90 Å². The van der Waals surface area contributed by atoms with Crippen molar-refractivity contribution in [1.29, 1.82) is 0 Å². The number of carbonyl (C=O) groups excluding carboxylic acids is 1. The van der Waals surface area contributed by atoms with E-state index in [2.05, 4.69) is 0 Å². The molecule has 0 aliphatic rings. The van der Waals surface area contributed by atoms with Gasteiger partial charge >= 0.3 is 0 Å². The van der Waals surface area contributed by atoms with Gasteiger partial charge in [-0.15, -0.1) is 0 Å². The van der Waals surface area contributed by atoms with Gasteiger partial charge in [-0.3, -0.25) is 4.79 Å². The van der Waals surface area contributed by atoms with Crippen LogP contribution >= 0.6 is 0 Å². The lowest BCUT2D eigenvalue weighted by molar-refractivity contribution is 0.0766. The molecule has 1 rings (SSSR count). The predicted molar refractivity (Wildman–Crippen MR) is 92.3 cm³/mol. The molecule has 0 atom stereocenters. The molecule has 0 heterocycles. The smallest absolute Gasteiger partial charge is 0.255 e. The van der Waals surface area contributed by atoms with Gasteiger partial charge in [0.05, 0.1) is 19.8 Å². The van der Waals surface area contributed by atoms with E-state index < -0.39 is 15.9 Å². The van der Waals surface area contributed by atoms with Crippen LogP contribution in [-0.4, -0.2) is 46.5 Å². The Kier molecular flexibility index (Phi) is 6.62. The Bertz CT molecular complexity index is 710. The van der Waals surface area contributed by atoms with Crippen molar-refractivity contribution in [2.45, 2.75) is 38.5 Å². The number of carbonyl (C=O) groups is 1. The number of hydrogen-bond donors (Lipinski definition) is 1. The van der Waals surface area contributed by atoms with Gasteiger partial charge in [-0.25, -0.2) is 13.6 Å². The Labute approximate surface area is 143 Å². The average Bonchev–Trinajstić information content (AvgIpc) is 2.52. The van der Waals surface area contributed by atoms with Crippen molar-refractivity contribution < 1.29 is 22.7 Å². The number of sulfonamides is 1. The first-order valence-electron chi connectivity index (χ1n) is 7.74. The van der Waals surface area contributed by atoms with Crippen molar-refractivity contribution in [3.63, 3.8) is 0 Å². The predicted octanol–water partition coefficient (Wildman–Crippen LogP) is 1.96. The molecule has 0 bridgehead atoms. The zero-order chi connectivity index (χ0) is 18.7. The zero-order valence-electron chi connectivity index (χ0n) is 15.0. The number of nitrogens with two attached hydrogens (primary N) is 1. The normalized spacial score (nSPS) is 11.5. The first-order chi connectivity index (χ1) is 11.1. The highest BCUT2D eigenvalue weighted by Crippen LogP contribution is 2.41. The Balaban J connectivity index is 3.98. The van der Waals surface area contributed by atoms with E-state index >= 15 is 0 Å². The van der Waals surface area contributed by atoms with E-state index in [-0.39, 0.29) is 27.9 Å². The molecule has 1 aromatic carbocycles. The Morgan fingerprint density at radius 3 is 2.08 bits per heavy atom. The minimum Gasteiger partial charge on any atom is -0.493 e. The quantitative estimate of drug-likeness (QED) is 0.803. The first kappa shape index (κ1) is 20.2. The first-order valence-corrected chi connectivity index (χ1v) is 9.29. The van der Waals surface area contributed by atoms with Crippen LogP contribution in [0.4, 0.5) is 0 Å². The molecule has 0 aromatic heterocycles. The molecule has 0 saturated carbocycles. The standard InChI is InChI=1S/C16H26N2O5S/c1-7-18(8-2)16(19)13-11(10(3)4)9-12(22-5)14(23-6)15(13)24(17,20)21/h9-10H,7-8H2,1-6H3,(H2,17,20,21). The maximum Gasteiger partial charge on any atom is 0.255 e. The molecule has 0 aliphatic heterocycles. The second kappa shape index (κ2) is 7.85.